The highest BCUT2D eigenvalue weighted by Crippen LogP contribution is 2.24. The van der Waals surface area contributed by atoms with Crippen molar-refractivity contribution in [3.05, 3.63) is 99.0 Å². The molecular formula is C27H28Cl2N2O3. The summed E-state index contributed by atoms with van der Waals surface area (Å²) < 4.78 is 5.83. The van der Waals surface area contributed by atoms with E-state index in [0.29, 0.717) is 27.8 Å². The molecule has 3 rings (SSSR count). The standard InChI is InChI=1S/C27H28Cl2N2O3/c1-18-11-19(2)13-23(12-18)34-17-26(32)31(16-21-9-10-22(28)15-24(21)29)25(27(33)30-3)14-20-7-5-4-6-8-20/h4-13,15,25H,14,16-17H2,1-3H3,(H,30,33)/t25-/m0/s1. The quantitative estimate of drug-likeness (QED) is 0.431. The molecule has 2 amide bonds. The number of rotatable bonds is 9. The molecule has 3 aromatic rings. The van der Waals surface area contributed by atoms with Crippen molar-refractivity contribution in [3.8, 4) is 5.75 Å². The molecule has 5 nitrogen and oxygen atoms in total. The Morgan fingerprint density at radius 1 is 0.971 bits per heavy atom. The van der Waals surface area contributed by atoms with Crippen LogP contribution in [0.25, 0.3) is 0 Å². The molecule has 7 heteroatoms. The highest BCUT2D eigenvalue weighted by Gasteiger charge is 2.30. The molecule has 178 valence electrons. The van der Waals surface area contributed by atoms with Gasteiger partial charge < -0.3 is 15.0 Å². The number of hydrogen-bond donors (Lipinski definition) is 1. The Hall–Kier alpha value is -3.02. The van der Waals surface area contributed by atoms with E-state index in [4.69, 9.17) is 27.9 Å². The lowest BCUT2D eigenvalue weighted by atomic mass is 10.0. The average Bonchev–Trinajstić information content (AvgIpc) is 2.80. The zero-order valence-corrected chi connectivity index (χ0v) is 21.0. The van der Waals surface area contributed by atoms with Crippen LogP contribution in [0.4, 0.5) is 0 Å². The first kappa shape index (κ1) is 25.6. The van der Waals surface area contributed by atoms with Crippen molar-refractivity contribution in [3.63, 3.8) is 0 Å². The number of amides is 2. The molecule has 3 aromatic carbocycles. The minimum Gasteiger partial charge on any atom is -0.484 e. The summed E-state index contributed by atoms with van der Waals surface area (Å²) in [4.78, 5) is 27.9. The fraction of sp³-hybridized carbons (Fsp3) is 0.259. The number of carbonyl (C=O) groups is 2. The molecule has 0 aliphatic rings. The maximum Gasteiger partial charge on any atom is 0.261 e. The van der Waals surface area contributed by atoms with Crippen LogP contribution in [-0.4, -0.2) is 36.4 Å². The van der Waals surface area contributed by atoms with Crippen molar-refractivity contribution in [1.29, 1.82) is 0 Å². The van der Waals surface area contributed by atoms with Crippen LogP contribution >= 0.6 is 23.2 Å². The first-order valence-electron chi connectivity index (χ1n) is 11.0. The molecule has 0 spiro atoms. The summed E-state index contributed by atoms with van der Waals surface area (Å²) in [6.07, 6.45) is 0.348. The second-order valence-corrected chi connectivity index (χ2v) is 9.03. The Morgan fingerprint density at radius 2 is 1.65 bits per heavy atom. The first-order valence-corrected chi connectivity index (χ1v) is 11.7. The molecule has 0 aliphatic heterocycles. The Morgan fingerprint density at radius 3 is 2.26 bits per heavy atom. The van der Waals surface area contributed by atoms with Crippen LogP contribution in [-0.2, 0) is 22.6 Å². The van der Waals surface area contributed by atoms with E-state index in [1.165, 1.54) is 4.90 Å². The van der Waals surface area contributed by atoms with Gasteiger partial charge in [0.15, 0.2) is 6.61 Å². The summed E-state index contributed by atoms with van der Waals surface area (Å²) in [5, 5.41) is 3.62. The van der Waals surface area contributed by atoms with Gasteiger partial charge in [-0.15, -0.1) is 0 Å². The van der Waals surface area contributed by atoms with Gasteiger partial charge in [0.25, 0.3) is 5.91 Å². The third-order valence-corrected chi connectivity index (χ3v) is 6.02. The van der Waals surface area contributed by atoms with Gasteiger partial charge in [0, 0.05) is 30.1 Å². The van der Waals surface area contributed by atoms with Gasteiger partial charge in [-0.05, 0) is 60.4 Å². The normalized spacial score (nSPS) is 11.6. The predicted molar refractivity (Wildman–Crippen MR) is 136 cm³/mol. The minimum atomic E-state index is -0.755. The Labute approximate surface area is 210 Å². The SMILES string of the molecule is CNC(=O)[C@H](Cc1ccccc1)N(Cc1ccc(Cl)cc1Cl)C(=O)COc1cc(C)cc(C)c1. The van der Waals surface area contributed by atoms with Crippen LogP contribution in [0.3, 0.4) is 0 Å². The summed E-state index contributed by atoms with van der Waals surface area (Å²) in [5.41, 5.74) is 3.71. The molecule has 1 atom stereocenters. The molecule has 34 heavy (non-hydrogen) atoms. The molecule has 0 bridgehead atoms. The van der Waals surface area contributed by atoms with Crippen molar-refractivity contribution in [2.45, 2.75) is 32.9 Å². The number of nitrogens with one attached hydrogen (secondary N) is 1. The summed E-state index contributed by atoms with van der Waals surface area (Å²) in [6, 6.07) is 19.7. The van der Waals surface area contributed by atoms with Crippen LogP contribution in [0.5, 0.6) is 5.75 Å². The van der Waals surface area contributed by atoms with Crippen LogP contribution in [0.2, 0.25) is 10.0 Å². The lowest BCUT2D eigenvalue weighted by Gasteiger charge is -2.31. The number of nitrogens with zero attached hydrogens (tertiary/aromatic N) is 1. The summed E-state index contributed by atoms with van der Waals surface area (Å²) in [5.74, 6) is 0.0123. The molecule has 1 N–H and O–H groups in total. The number of likely N-dealkylation sites (N-methyl/N-ethyl adjacent to an activating group) is 1. The van der Waals surface area contributed by atoms with Crippen LogP contribution in [0.15, 0.2) is 66.7 Å². The van der Waals surface area contributed by atoms with Crippen molar-refractivity contribution >= 4 is 35.0 Å². The van der Waals surface area contributed by atoms with E-state index in [2.05, 4.69) is 5.32 Å². The van der Waals surface area contributed by atoms with Gasteiger partial charge in [0.05, 0.1) is 0 Å². The van der Waals surface area contributed by atoms with E-state index in [9.17, 15) is 9.59 Å². The highest BCUT2D eigenvalue weighted by molar-refractivity contribution is 6.35. The Kier molecular flexibility index (Phi) is 8.97. The molecule has 0 radical (unpaired) electrons. The fourth-order valence-corrected chi connectivity index (χ4v) is 4.27. The summed E-state index contributed by atoms with van der Waals surface area (Å²) in [7, 11) is 1.56. The van der Waals surface area contributed by atoms with Crippen molar-refractivity contribution in [2.24, 2.45) is 0 Å². The number of halogens is 2. The van der Waals surface area contributed by atoms with Crippen molar-refractivity contribution < 1.29 is 14.3 Å². The number of hydrogen-bond acceptors (Lipinski definition) is 3. The van der Waals surface area contributed by atoms with E-state index in [-0.39, 0.29) is 25.0 Å². The largest absolute Gasteiger partial charge is 0.484 e. The van der Waals surface area contributed by atoms with Gasteiger partial charge in [0.2, 0.25) is 5.91 Å². The van der Waals surface area contributed by atoms with E-state index in [1.807, 2.05) is 62.4 Å². The maximum absolute atomic E-state index is 13.5. The highest BCUT2D eigenvalue weighted by atomic mass is 35.5. The van der Waals surface area contributed by atoms with Crippen LogP contribution in [0, 0.1) is 13.8 Å². The Bertz CT molecular complexity index is 1130. The fourth-order valence-electron chi connectivity index (χ4n) is 3.80. The maximum atomic E-state index is 13.5. The molecule has 0 heterocycles. The monoisotopic (exact) mass is 498 g/mol. The van der Waals surface area contributed by atoms with Crippen LogP contribution < -0.4 is 10.1 Å². The molecule has 0 unspecified atom stereocenters. The second-order valence-electron chi connectivity index (χ2n) is 8.19. The van der Waals surface area contributed by atoms with Crippen LogP contribution in [0.1, 0.15) is 22.3 Å². The lowest BCUT2D eigenvalue weighted by molar-refractivity contribution is -0.142. The molecule has 0 saturated heterocycles. The number of aryl methyl sites for hydroxylation is 2. The zero-order valence-electron chi connectivity index (χ0n) is 19.5. The second kappa shape index (κ2) is 11.9. The summed E-state index contributed by atoms with van der Waals surface area (Å²) in [6.45, 7) is 3.86. The van der Waals surface area contributed by atoms with Gasteiger partial charge in [-0.1, -0.05) is 65.7 Å². The zero-order chi connectivity index (χ0) is 24.7. The number of benzene rings is 3. The lowest BCUT2D eigenvalue weighted by Crippen LogP contribution is -2.51. The average molecular weight is 499 g/mol. The van der Waals surface area contributed by atoms with Gasteiger partial charge >= 0.3 is 0 Å². The predicted octanol–water partition coefficient (Wildman–Crippen LogP) is 5.38. The molecular weight excluding hydrogens is 471 g/mol. The van der Waals surface area contributed by atoms with Gasteiger partial charge in [0.1, 0.15) is 11.8 Å². The molecule has 0 aromatic heterocycles. The molecule has 0 fully saturated rings. The third-order valence-electron chi connectivity index (χ3n) is 5.43. The van der Waals surface area contributed by atoms with Crippen molar-refractivity contribution in [2.75, 3.05) is 13.7 Å². The first-order chi connectivity index (χ1) is 16.3. The molecule has 0 saturated carbocycles. The smallest absolute Gasteiger partial charge is 0.261 e. The van der Waals surface area contributed by atoms with Gasteiger partial charge in [-0.2, -0.15) is 0 Å². The van der Waals surface area contributed by atoms with E-state index in [0.717, 1.165) is 16.7 Å². The number of carbonyl (C=O) groups excluding carboxylic acids is 2. The summed E-state index contributed by atoms with van der Waals surface area (Å²) >= 11 is 12.5. The Balaban J connectivity index is 1.91. The minimum absolute atomic E-state index is 0.135. The van der Waals surface area contributed by atoms with E-state index >= 15 is 0 Å². The number of ether oxygens (including phenoxy) is 1. The third kappa shape index (κ3) is 6.99. The molecule has 0 aliphatic carbocycles. The van der Waals surface area contributed by atoms with Gasteiger partial charge in [-0.3, -0.25) is 9.59 Å². The van der Waals surface area contributed by atoms with Gasteiger partial charge in [-0.25, -0.2) is 0 Å². The van der Waals surface area contributed by atoms with E-state index in [1.54, 1.807) is 25.2 Å². The van der Waals surface area contributed by atoms with Crippen molar-refractivity contribution in [1.82, 2.24) is 10.2 Å². The topological polar surface area (TPSA) is 58.6 Å². The van der Waals surface area contributed by atoms with E-state index < -0.39 is 6.04 Å².